The van der Waals surface area contributed by atoms with Crippen LogP contribution in [0.15, 0.2) is 24.3 Å². The van der Waals surface area contributed by atoms with Gasteiger partial charge in [0, 0.05) is 12.6 Å². The first-order valence-electron chi connectivity index (χ1n) is 7.72. The van der Waals surface area contributed by atoms with Crippen molar-refractivity contribution in [2.45, 2.75) is 27.2 Å². The van der Waals surface area contributed by atoms with Crippen molar-refractivity contribution in [2.75, 3.05) is 27.2 Å². The van der Waals surface area contributed by atoms with Crippen molar-refractivity contribution < 1.29 is 9.18 Å². The van der Waals surface area contributed by atoms with Gasteiger partial charge in [0.1, 0.15) is 5.82 Å². The smallest absolute Gasteiger partial charge is 0.244 e. The Morgan fingerprint density at radius 1 is 1.36 bits per heavy atom. The standard InChI is InChI=1S/C18H27FN2O/c1-13(2)16(15-7-8-17(19)14(3)11-15)12-18(22)20-9-6-10-21(4)5/h7-8,11-13H,6,9-10H2,1-5H3,(H,20,22)/b16-12+. The minimum absolute atomic E-state index is 0.0931. The number of aryl methyl sites for hydroxylation is 1. The maximum absolute atomic E-state index is 13.4. The second kappa shape index (κ2) is 8.69. The Balaban J connectivity index is 2.77. The minimum Gasteiger partial charge on any atom is -0.352 e. The lowest BCUT2D eigenvalue weighted by atomic mass is 9.93. The highest BCUT2D eigenvalue weighted by Crippen LogP contribution is 2.24. The average Bonchev–Trinajstić information content (AvgIpc) is 2.43. The van der Waals surface area contributed by atoms with Gasteiger partial charge in [-0.25, -0.2) is 4.39 Å². The van der Waals surface area contributed by atoms with E-state index >= 15 is 0 Å². The molecule has 0 aliphatic carbocycles. The second-order valence-electron chi connectivity index (χ2n) is 6.17. The van der Waals surface area contributed by atoms with Gasteiger partial charge in [0.25, 0.3) is 0 Å². The Hall–Kier alpha value is -1.68. The second-order valence-corrected chi connectivity index (χ2v) is 6.17. The first-order valence-corrected chi connectivity index (χ1v) is 7.72. The maximum atomic E-state index is 13.4. The topological polar surface area (TPSA) is 32.3 Å². The van der Waals surface area contributed by atoms with Crippen molar-refractivity contribution in [1.82, 2.24) is 10.2 Å². The van der Waals surface area contributed by atoms with Gasteiger partial charge in [-0.05, 0) is 68.7 Å². The third-order valence-corrected chi connectivity index (χ3v) is 3.48. The molecule has 0 saturated carbocycles. The Morgan fingerprint density at radius 3 is 2.59 bits per heavy atom. The molecule has 0 aromatic heterocycles. The summed E-state index contributed by atoms with van der Waals surface area (Å²) in [5.41, 5.74) is 2.42. The molecule has 0 aliphatic rings. The summed E-state index contributed by atoms with van der Waals surface area (Å²) in [5.74, 6) is -0.123. The molecule has 0 heterocycles. The third-order valence-electron chi connectivity index (χ3n) is 3.48. The SMILES string of the molecule is Cc1cc(/C(=C/C(=O)NCCCN(C)C)C(C)C)ccc1F. The van der Waals surface area contributed by atoms with E-state index in [4.69, 9.17) is 0 Å². The first-order chi connectivity index (χ1) is 10.3. The summed E-state index contributed by atoms with van der Waals surface area (Å²) in [7, 11) is 4.02. The number of hydrogen-bond acceptors (Lipinski definition) is 2. The van der Waals surface area contributed by atoms with Crippen LogP contribution in [0.5, 0.6) is 0 Å². The Bertz CT molecular complexity index is 536. The summed E-state index contributed by atoms with van der Waals surface area (Å²) in [6.45, 7) is 7.39. The van der Waals surface area contributed by atoms with Crippen LogP contribution in [0.3, 0.4) is 0 Å². The third kappa shape index (κ3) is 5.98. The van der Waals surface area contributed by atoms with Crippen molar-refractivity contribution >= 4 is 11.5 Å². The number of rotatable bonds is 7. The molecular weight excluding hydrogens is 279 g/mol. The van der Waals surface area contributed by atoms with Gasteiger partial charge in [-0.1, -0.05) is 19.9 Å². The molecule has 122 valence electrons. The van der Waals surface area contributed by atoms with E-state index in [9.17, 15) is 9.18 Å². The molecule has 3 nitrogen and oxygen atoms in total. The van der Waals surface area contributed by atoms with Crippen molar-refractivity contribution in [3.05, 3.63) is 41.2 Å². The molecule has 0 bridgehead atoms. The molecular formula is C18H27FN2O. The van der Waals surface area contributed by atoms with Crippen molar-refractivity contribution in [2.24, 2.45) is 5.92 Å². The average molecular weight is 306 g/mol. The minimum atomic E-state index is -0.222. The molecule has 4 heteroatoms. The van der Waals surface area contributed by atoms with E-state index in [0.717, 1.165) is 24.1 Å². The van der Waals surface area contributed by atoms with Gasteiger partial charge in [0.2, 0.25) is 5.91 Å². The Morgan fingerprint density at radius 2 is 2.05 bits per heavy atom. The number of nitrogens with zero attached hydrogens (tertiary/aromatic N) is 1. The summed E-state index contributed by atoms with van der Waals surface area (Å²) in [5, 5.41) is 2.90. The molecule has 0 spiro atoms. The zero-order valence-corrected chi connectivity index (χ0v) is 14.2. The summed E-state index contributed by atoms with van der Waals surface area (Å²) in [6.07, 6.45) is 2.55. The molecule has 0 atom stereocenters. The normalized spacial score (nSPS) is 12.1. The predicted octanol–water partition coefficient (Wildman–Crippen LogP) is 3.24. The molecule has 1 N–H and O–H groups in total. The van der Waals surface area contributed by atoms with Crippen LogP contribution in [0.4, 0.5) is 4.39 Å². The quantitative estimate of drug-likeness (QED) is 0.619. The van der Waals surface area contributed by atoms with Crippen molar-refractivity contribution in [3.8, 4) is 0 Å². The zero-order valence-electron chi connectivity index (χ0n) is 14.2. The highest BCUT2D eigenvalue weighted by molar-refractivity contribution is 5.95. The number of benzene rings is 1. The van der Waals surface area contributed by atoms with Crippen LogP contribution < -0.4 is 5.32 Å². The first kappa shape index (κ1) is 18.4. The van der Waals surface area contributed by atoms with Crippen LogP contribution in [0.25, 0.3) is 5.57 Å². The van der Waals surface area contributed by atoms with Gasteiger partial charge < -0.3 is 10.2 Å². The molecule has 1 rings (SSSR count). The fraction of sp³-hybridized carbons (Fsp3) is 0.500. The lowest BCUT2D eigenvalue weighted by molar-refractivity contribution is -0.116. The van der Waals surface area contributed by atoms with Crippen LogP contribution in [-0.2, 0) is 4.79 Å². The van der Waals surface area contributed by atoms with E-state index in [-0.39, 0.29) is 17.6 Å². The maximum Gasteiger partial charge on any atom is 0.244 e. The summed E-state index contributed by atoms with van der Waals surface area (Å²) in [4.78, 5) is 14.1. The lowest BCUT2D eigenvalue weighted by Crippen LogP contribution is -2.26. The van der Waals surface area contributed by atoms with Crippen LogP contribution in [0.1, 0.15) is 31.4 Å². The number of carbonyl (C=O) groups is 1. The molecule has 1 amide bonds. The van der Waals surface area contributed by atoms with Gasteiger partial charge >= 0.3 is 0 Å². The van der Waals surface area contributed by atoms with Gasteiger partial charge in [0.15, 0.2) is 0 Å². The molecule has 22 heavy (non-hydrogen) atoms. The molecule has 0 aliphatic heterocycles. The monoisotopic (exact) mass is 306 g/mol. The predicted molar refractivity (Wildman–Crippen MR) is 90.1 cm³/mol. The number of hydrogen-bond donors (Lipinski definition) is 1. The van der Waals surface area contributed by atoms with E-state index in [1.54, 1.807) is 25.1 Å². The van der Waals surface area contributed by atoms with Crippen LogP contribution in [-0.4, -0.2) is 38.0 Å². The van der Waals surface area contributed by atoms with Gasteiger partial charge in [-0.15, -0.1) is 0 Å². The van der Waals surface area contributed by atoms with E-state index < -0.39 is 0 Å². The molecule has 0 radical (unpaired) electrons. The molecule has 1 aromatic carbocycles. The van der Waals surface area contributed by atoms with E-state index in [0.29, 0.717) is 12.1 Å². The molecule has 1 aromatic rings. The fourth-order valence-corrected chi connectivity index (χ4v) is 2.21. The summed E-state index contributed by atoms with van der Waals surface area (Å²) >= 11 is 0. The largest absolute Gasteiger partial charge is 0.352 e. The van der Waals surface area contributed by atoms with Crippen LogP contribution in [0, 0.1) is 18.7 Å². The van der Waals surface area contributed by atoms with E-state index in [1.165, 1.54) is 6.07 Å². The molecule has 0 unspecified atom stereocenters. The van der Waals surface area contributed by atoms with Gasteiger partial charge in [0.05, 0.1) is 0 Å². The van der Waals surface area contributed by atoms with Crippen molar-refractivity contribution in [3.63, 3.8) is 0 Å². The number of allylic oxidation sites excluding steroid dienone is 1. The number of nitrogens with one attached hydrogen (secondary N) is 1. The summed E-state index contributed by atoms with van der Waals surface area (Å²) < 4.78 is 13.4. The van der Waals surface area contributed by atoms with Crippen LogP contribution >= 0.6 is 0 Å². The van der Waals surface area contributed by atoms with Crippen LogP contribution in [0.2, 0.25) is 0 Å². The van der Waals surface area contributed by atoms with Crippen molar-refractivity contribution in [1.29, 1.82) is 0 Å². The summed E-state index contributed by atoms with van der Waals surface area (Å²) in [6, 6.07) is 4.98. The highest BCUT2D eigenvalue weighted by atomic mass is 19.1. The molecule has 0 fully saturated rings. The zero-order chi connectivity index (χ0) is 16.7. The number of halogens is 1. The number of amides is 1. The lowest BCUT2D eigenvalue weighted by Gasteiger charge is -2.13. The Kier molecular flexibility index (Phi) is 7.25. The van der Waals surface area contributed by atoms with E-state index in [1.807, 2.05) is 27.9 Å². The van der Waals surface area contributed by atoms with E-state index in [2.05, 4.69) is 10.2 Å². The van der Waals surface area contributed by atoms with Gasteiger partial charge in [-0.3, -0.25) is 4.79 Å². The Labute approximate surface area is 133 Å². The van der Waals surface area contributed by atoms with Gasteiger partial charge in [-0.2, -0.15) is 0 Å². The molecule has 0 saturated heterocycles. The highest BCUT2D eigenvalue weighted by Gasteiger charge is 2.10. The number of carbonyl (C=O) groups excluding carboxylic acids is 1. The fourth-order valence-electron chi connectivity index (χ4n) is 2.21.